The molecule has 3 nitrogen and oxygen atoms in total. The van der Waals surface area contributed by atoms with E-state index in [2.05, 4.69) is 29.4 Å². The lowest BCUT2D eigenvalue weighted by Crippen LogP contribution is -2.04. The minimum Gasteiger partial charge on any atom is -0.324 e. The molecule has 0 aliphatic heterocycles. The Balaban J connectivity index is 1.95. The van der Waals surface area contributed by atoms with Crippen LogP contribution in [0.25, 0.3) is 0 Å². The molecule has 0 aliphatic carbocycles. The van der Waals surface area contributed by atoms with Crippen LogP contribution in [0.5, 0.6) is 0 Å². The van der Waals surface area contributed by atoms with Gasteiger partial charge in [-0.05, 0) is 18.9 Å². The number of aromatic nitrogens is 2. The number of hydrogen-bond acceptors (Lipinski definition) is 2. The number of hydrogen-bond donors (Lipinski definition) is 1. The SMILES string of the molecule is C[C@H](N)c1cnn(CCc2ccccc2)c1. The highest BCUT2D eigenvalue weighted by molar-refractivity contribution is 5.15. The Kier molecular flexibility index (Phi) is 3.37. The summed E-state index contributed by atoms with van der Waals surface area (Å²) in [7, 11) is 0. The van der Waals surface area contributed by atoms with Crippen molar-refractivity contribution in [3.05, 3.63) is 53.9 Å². The van der Waals surface area contributed by atoms with Gasteiger partial charge in [0, 0.05) is 24.3 Å². The summed E-state index contributed by atoms with van der Waals surface area (Å²) in [5, 5.41) is 4.29. The predicted octanol–water partition coefficient (Wildman–Crippen LogP) is 2.15. The maximum absolute atomic E-state index is 5.78. The molecular weight excluding hydrogens is 198 g/mol. The average Bonchev–Trinajstić information content (AvgIpc) is 2.76. The predicted molar refractivity (Wildman–Crippen MR) is 65.0 cm³/mol. The second-order valence-corrected chi connectivity index (χ2v) is 4.06. The Labute approximate surface area is 95.9 Å². The van der Waals surface area contributed by atoms with Crippen LogP contribution in [-0.2, 0) is 13.0 Å². The van der Waals surface area contributed by atoms with E-state index in [1.54, 1.807) is 0 Å². The van der Waals surface area contributed by atoms with Gasteiger partial charge in [-0.2, -0.15) is 5.10 Å². The van der Waals surface area contributed by atoms with Crippen molar-refractivity contribution in [1.29, 1.82) is 0 Å². The summed E-state index contributed by atoms with van der Waals surface area (Å²) >= 11 is 0. The third kappa shape index (κ3) is 2.70. The van der Waals surface area contributed by atoms with Gasteiger partial charge in [-0.15, -0.1) is 0 Å². The van der Waals surface area contributed by atoms with Gasteiger partial charge < -0.3 is 5.73 Å². The topological polar surface area (TPSA) is 43.8 Å². The third-order valence-electron chi connectivity index (χ3n) is 2.65. The van der Waals surface area contributed by atoms with E-state index in [1.165, 1.54) is 5.56 Å². The zero-order valence-electron chi connectivity index (χ0n) is 9.50. The average molecular weight is 215 g/mol. The summed E-state index contributed by atoms with van der Waals surface area (Å²) in [6.45, 7) is 2.87. The van der Waals surface area contributed by atoms with Gasteiger partial charge in [-0.25, -0.2) is 0 Å². The van der Waals surface area contributed by atoms with Crippen molar-refractivity contribution in [3.63, 3.8) is 0 Å². The van der Waals surface area contributed by atoms with Gasteiger partial charge in [-0.3, -0.25) is 4.68 Å². The van der Waals surface area contributed by atoms with Crippen molar-refractivity contribution in [3.8, 4) is 0 Å². The van der Waals surface area contributed by atoms with Crippen molar-refractivity contribution in [1.82, 2.24) is 9.78 Å². The first kappa shape index (κ1) is 10.9. The standard InChI is InChI=1S/C13H17N3/c1-11(14)13-9-15-16(10-13)8-7-12-5-3-2-4-6-12/h2-6,9-11H,7-8,14H2,1H3/t11-/m0/s1. The molecule has 0 radical (unpaired) electrons. The molecule has 16 heavy (non-hydrogen) atoms. The lowest BCUT2D eigenvalue weighted by molar-refractivity contribution is 0.613. The lowest BCUT2D eigenvalue weighted by atomic mass is 10.1. The van der Waals surface area contributed by atoms with Crippen molar-refractivity contribution >= 4 is 0 Å². The minimum absolute atomic E-state index is 0.0606. The fourth-order valence-corrected chi connectivity index (χ4v) is 1.63. The van der Waals surface area contributed by atoms with Crippen molar-refractivity contribution in [2.75, 3.05) is 0 Å². The molecule has 1 heterocycles. The highest BCUT2D eigenvalue weighted by atomic mass is 15.3. The highest BCUT2D eigenvalue weighted by Gasteiger charge is 2.02. The fraction of sp³-hybridized carbons (Fsp3) is 0.308. The monoisotopic (exact) mass is 215 g/mol. The molecule has 0 saturated carbocycles. The van der Waals surface area contributed by atoms with Crippen LogP contribution in [0.3, 0.4) is 0 Å². The van der Waals surface area contributed by atoms with Gasteiger partial charge in [-0.1, -0.05) is 30.3 Å². The molecule has 1 atom stereocenters. The van der Waals surface area contributed by atoms with Gasteiger partial charge in [0.2, 0.25) is 0 Å². The largest absolute Gasteiger partial charge is 0.324 e. The number of benzene rings is 1. The summed E-state index contributed by atoms with van der Waals surface area (Å²) in [4.78, 5) is 0. The first-order valence-corrected chi connectivity index (χ1v) is 5.57. The molecule has 2 N–H and O–H groups in total. The summed E-state index contributed by atoms with van der Waals surface area (Å²) in [5.74, 6) is 0. The van der Waals surface area contributed by atoms with Gasteiger partial charge in [0.25, 0.3) is 0 Å². The molecule has 0 saturated heterocycles. The third-order valence-corrected chi connectivity index (χ3v) is 2.65. The van der Waals surface area contributed by atoms with Gasteiger partial charge >= 0.3 is 0 Å². The molecule has 1 aromatic carbocycles. The van der Waals surface area contributed by atoms with Crippen LogP contribution >= 0.6 is 0 Å². The van der Waals surface area contributed by atoms with Crippen LogP contribution in [0.1, 0.15) is 24.1 Å². The first-order valence-electron chi connectivity index (χ1n) is 5.57. The molecule has 0 spiro atoms. The minimum atomic E-state index is 0.0606. The number of nitrogens with two attached hydrogens (primary N) is 1. The summed E-state index contributed by atoms with van der Waals surface area (Å²) < 4.78 is 1.95. The quantitative estimate of drug-likeness (QED) is 0.849. The van der Waals surface area contributed by atoms with Crippen LogP contribution in [-0.4, -0.2) is 9.78 Å². The number of aryl methyl sites for hydroxylation is 2. The van der Waals surface area contributed by atoms with Gasteiger partial charge in [0.15, 0.2) is 0 Å². The molecule has 0 fully saturated rings. The van der Waals surface area contributed by atoms with Crippen LogP contribution in [0.4, 0.5) is 0 Å². The molecule has 0 unspecified atom stereocenters. The Morgan fingerprint density at radius 1 is 1.31 bits per heavy atom. The molecule has 3 heteroatoms. The Hall–Kier alpha value is -1.61. The van der Waals surface area contributed by atoms with Gasteiger partial charge in [0.1, 0.15) is 0 Å². The normalized spacial score (nSPS) is 12.6. The maximum Gasteiger partial charge on any atom is 0.0537 e. The van der Waals surface area contributed by atoms with E-state index in [0.717, 1.165) is 18.5 Å². The second kappa shape index (κ2) is 4.94. The van der Waals surface area contributed by atoms with Crippen molar-refractivity contribution in [2.45, 2.75) is 25.9 Å². The number of rotatable bonds is 4. The summed E-state index contributed by atoms with van der Waals surface area (Å²) in [5.41, 5.74) is 8.21. The van der Waals surface area contributed by atoms with Crippen molar-refractivity contribution in [2.24, 2.45) is 5.73 Å². The van der Waals surface area contributed by atoms with E-state index in [0.29, 0.717) is 0 Å². The molecule has 0 bridgehead atoms. The molecule has 84 valence electrons. The first-order chi connectivity index (χ1) is 7.75. The zero-order valence-corrected chi connectivity index (χ0v) is 9.50. The highest BCUT2D eigenvalue weighted by Crippen LogP contribution is 2.08. The second-order valence-electron chi connectivity index (χ2n) is 4.06. The summed E-state index contributed by atoms with van der Waals surface area (Å²) in [6, 6.07) is 10.5. The van der Waals surface area contributed by atoms with Crippen LogP contribution in [0.15, 0.2) is 42.7 Å². The van der Waals surface area contributed by atoms with E-state index in [1.807, 2.05) is 30.1 Å². The van der Waals surface area contributed by atoms with E-state index < -0.39 is 0 Å². The number of nitrogens with zero attached hydrogens (tertiary/aromatic N) is 2. The zero-order chi connectivity index (χ0) is 11.4. The van der Waals surface area contributed by atoms with E-state index in [4.69, 9.17) is 5.73 Å². The maximum atomic E-state index is 5.78. The Morgan fingerprint density at radius 3 is 2.69 bits per heavy atom. The van der Waals surface area contributed by atoms with Gasteiger partial charge in [0.05, 0.1) is 6.20 Å². The van der Waals surface area contributed by atoms with Crippen LogP contribution in [0.2, 0.25) is 0 Å². The Bertz CT molecular complexity index is 431. The molecule has 2 aromatic rings. The molecular formula is C13H17N3. The lowest BCUT2D eigenvalue weighted by Gasteiger charge is -2.02. The molecule has 2 rings (SSSR count). The molecule has 0 amide bonds. The van der Waals surface area contributed by atoms with E-state index in [-0.39, 0.29) is 6.04 Å². The van der Waals surface area contributed by atoms with Crippen molar-refractivity contribution < 1.29 is 0 Å². The van der Waals surface area contributed by atoms with Crippen LogP contribution in [0, 0.1) is 0 Å². The Morgan fingerprint density at radius 2 is 2.06 bits per heavy atom. The van der Waals surface area contributed by atoms with E-state index >= 15 is 0 Å². The molecule has 0 aliphatic rings. The molecule has 1 aromatic heterocycles. The smallest absolute Gasteiger partial charge is 0.0537 e. The van der Waals surface area contributed by atoms with E-state index in [9.17, 15) is 0 Å². The summed E-state index contributed by atoms with van der Waals surface area (Å²) in [6.07, 6.45) is 4.87. The fourth-order valence-electron chi connectivity index (χ4n) is 1.63. The van der Waals surface area contributed by atoms with Crippen LogP contribution < -0.4 is 5.73 Å².